The number of carbonyl (C=O) groups is 1. The molecule has 0 aliphatic rings. The van der Waals surface area contributed by atoms with E-state index in [1.54, 1.807) is 12.1 Å². The van der Waals surface area contributed by atoms with E-state index in [9.17, 15) is 9.18 Å². The van der Waals surface area contributed by atoms with E-state index in [1.165, 1.54) is 23.5 Å². The third-order valence-corrected chi connectivity index (χ3v) is 4.40. The van der Waals surface area contributed by atoms with Gasteiger partial charge < -0.3 is 9.72 Å². The molecule has 0 spiro atoms. The largest absolute Gasteiger partial charge is 0.307 e. The van der Waals surface area contributed by atoms with Crippen LogP contribution < -0.4 is 5.32 Å². The number of aromatic nitrogens is 3. The molecule has 3 aromatic heterocycles. The number of amides is 1. The molecule has 124 valence electrons. The minimum Gasteiger partial charge on any atom is -0.307 e. The second-order valence-electron chi connectivity index (χ2n) is 5.47. The van der Waals surface area contributed by atoms with Crippen molar-refractivity contribution < 1.29 is 9.18 Å². The summed E-state index contributed by atoms with van der Waals surface area (Å²) in [5, 5.41) is 5.12. The maximum Gasteiger partial charge on any atom is 0.232 e. The number of carbonyl (C=O) groups excluding carboxylic acids is 1. The van der Waals surface area contributed by atoms with Crippen molar-refractivity contribution in [2.45, 2.75) is 6.42 Å². The summed E-state index contributed by atoms with van der Waals surface area (Å²) in [5.41, 5.74) is 3.00. The minimum atomic E-state index is -0.292. The standard InChI is InChI=1S/C18H13FN4OS/c19-13-6-4-12(5-7-13)15-11-25-18(21-15)22-17(24)9-14-10-23-8-2-1-3-16(23)20-14/h1-8,10-11H,9H2,(H,21,22,24). The predicted molar refractivity (Wildman–Crippen MR) is 95.0 cm³/mol. The van der Waals surface area contributed by atoms with Gasteiger partial charge in [0.05, 0.1) is 17.8 Å². The van der Waals surface area contributed by atoms with Crippen LogP contribution in [0.15, 0.2) is 60.2 Å². The van der Waals surface area contributed by atoms with Crippen molar-refractivity contribution in [2.24, 2.45) is 0 Å². The highest BCUT2D eigenvalue weighted by molar-refractivity contribution is 7.14. The topological polar surface area (TPSA) is 59.3 Å². The van der Waals surface area contributed by atoms with Gasteiger partial charge in [-0.3, -0.25) is 4.79 Å². The summed E-state index contributed by atoms with van der Waals surface area (Å²) < 4.78 is 14.9. The first-order chi connectivity index (χ1) is 12.2. The van der Waals surface area contributed by atoms with Crippen molar-refractivity contribution >= 4 is 28.0 Å². The number of halogens is 1. The van der Waals surface area contributed by atoms with Crippen molar-refractivity contribution in [3.63, 3.8) is 0 Å². The molecule has 1 aromatic carbocycles. The van der Waals surface area contributed by atoms with Crippen molar-refractivity contribution in [3.8, 4) is 11.3 Å². The van der Waals surface area contributed by atoms with Crippen LogP contribution in [0, 0.1) is 5.82 Å². The third kappa shape index (κ3) is 3.41. The molecule has 25 heavy (non-hydrogen) atoms. The molecule has 5 nitrogen and oxygen atoms in total. The SMILES string of the molecule is O=C(Cc1cn2ccccc2n1)Nc1nc(-c2ccc(F)cc2)cs1. The normalized spacial score (nSPS) is 10.9. The van der Waals surface area contributed by atoms with Gasteiger partial charge >= 0.3 is 0 Å². The molecule has 0 unspecified atom stereocenters. The van der Waals surface area contributed by atoms with Gasteiger partial charge in [-0.2, -0.15) is 0 Å². The number of hydrogen-bond acceptors (Lipinski definition) is 4. The molecule has 0 fully saturated rings. The van der Waals surface area contributed by atoms with Gasteiger partial charge in [-0.25, -0.2) is 14.4 Å². The Bertz CT molecular complexity index is 1010. The Labute approximate surface area is 146 Å². The summed E-state index contributed by atoms with van der Waals surface area (Å²) in [6.07, 6.45) is 3.90. The van der Waals surface area contributed by atoms with Crippen LogP contribution in [-0.2, 0) is 11.2 Å². The molecule has 0 radical (unpaired) electrons. The van der Waals surface area contributed by atoms with E-state index >= 15 is 0 Å². The molecule has 4 rings (SSSR count). The number of rotatable bonds is 4. The number of nitrogens with zero attached hydrogens (tertiary/aromatic N) is 3. The second kappa shape index (κ2) is 6.45. The van der Waals surface area contributed by atoms with Crippen LogP contribution >= 0.6 is 11.3 Å². The Hall–Kier alpha value is -3.06. The zero-order valence-electron chi connectivity index (χ0n) is 13.0. The average Bonchev–Trinajstić information content (AvgIpc) is 3.21. The molecule has 0 bridgehead atoms. The molecule has 0 saturated carbocycles. The number of thiazole rings is 1. The number of fused-ring (bicyclic) bond motifs is 1. The first-order valence-corrected chi connectivity index (χ1v) is 8.49. The van der Waals surface area contributed by atoms with Gasteiger partial charge in [0.1, 0.15) is 11.5 Å². The summed E-state index contributed by atoms with van der Waals surface area (Å²) in [4.78, 5) is 21.0. The van der Waals surface area contributed by atoms with Crippen LogP contribution in [0.25, 0.3) is 16.9 Å². The quantitative estimate of drug-likeness (QED) is 0.608. The van der Waals surface area contributed by atoms with Gasteiger partial charge in [-0.15, -0.1) is 11.3 Å². The summed E-state index contributed by atoms with van der Waals surface area (Å²) in [5.74, 6) is -0.469. The van der Waals surface area contributed by atoms with Gasteiger partial charge in [-0.05, 0) is 36.4 Å². The lowest BCUT2D eigenvalue weighted by Crippen LogP contribution is -2.14. The van der Waals surface area contributed by atoms with Crippen LogP contribution in [0.3, 0.4) is 0 Å². The Morgan fingerprint density at radius 2 is 2.00 bits per heavy atom. The highest BCUT2D eigenvalue weighted by Gasteiger charge is 2.11. The smallest absolute Gasteiger partial charge is 0.232 e. The molecule has 1 N–H and O–H groups in total. The van der Waals surface area contributed by atoms with Crippen LogP contribution in [0.5, 0.6) is 0 Å². The number of anilines is 1. The maximum absolute atomic E-state index is 13.0. The molecule has 7 heteroatoms. The van der Waals surface area contributed by atoms with Crippen molar-refractivity contribution in [3.05, 3.63) is 71.7 Å². The molecule has 1 amide bonds. The summed E-state index contributed by atoms with van der Waals surface area (Å²) in [7, 11) is 0. The maximum atomic E-state index is 13.0. The first kappa shape index (κ1) is 15.5. The van der Waals surface area contributed by atoms with Gasteiger partial charge in [-0.1, -0.05) is 6.07 Å². The molecule has 0 saturated heterocycles. The number of benzene rings is 1. The van der Waals surface area contributed by atoms with E-state index in [1.807, 2.05) is 40.4 Å². The Kier molecular flexibility index (Phi) is 3.99. The number of imidazole rings is 1. The van der Waals surface area contributed by atoms with Crippen LogP contribution in [-0.4, -0.2) is 20.3 Å². The number of hydrogen-bond donors (Lipinski definition) is 1. The molecular weight excluding hydrogens is 339 g/mol. The summed E-state index contributed by atoms with van der Waals surface area (Å²) in [6, 6.07) is 11.8. The number of pyridine rings is 1. The molecular formula is C18H13FN4OS. The molecule has 4 aromatic rings. The molecule has 0 atom stereocenters. The fraction of sp³-hybridized carbons (Fsp3) is 0.0556. The van der Waals surface area contributed by atoms with Gasteiger partial charge in [0.25, 0.3) is 0 Å². The lowest BCUT2D eigenvalue weighted by atomic mass is 10.2. The average molecular weight is 352 g/mol. The van der Waals surface area contributed by atoms with Crippen LogP contribution in [0.1, 0.15) is 5.69 Å². The summed E-state index contributed by atoms with van der Waals surface area (Å²) >= 11 is 1.33. The van der Waals surface area contributed by atoms with Gasteiger partial charge in [0, 0.05) is 23.3 Å². The first-order valence-electron chi connectivity index (χ1n) is 7.61. The minimum absolute atomic E-state index is 0.174. The fourth-order valence-electron chi connectivity index (χ4n) is 2.48. The van der Waals surface area contributed by atoms with Crippen molar-refractivity contribution in [1.29, 1.82) is 0 Å². The monoisotopic (exact) mass is 352 g/mol. The van der Waals surface area contributed by atoms with E-state index in [2.05, 4.69) is 15.3 Å². The van der Waals surface area contributed by atoms with E-state index in [0.717, 1.165) is 11.2 Å². The fourth-order valence-corrected chi connectivity index (χ4v) is 3.22. The van der Waals surface area contributed by atoms with Crippen LogP contribution in [0.2, 0.25) is 0 Å². The second-order valence-corrected chi connectivity index (χ2v) is 6.33. The highest BCUT2D eigenvalue weighted by Crippen LogP contribution is 2.25. The molecule has 3 heterocycles. The number of nitrogens with one attached hydrogen (secondary N) is 1. The summed E-state index contributed by atoms with van der Waals surface area (Å²) in [6.45, 7) is 0. The Balaban J connectivity index is 1.45. The lowest BCUT2D eigenvalue weighted by molar-refractivity contribution is -0.115. The van der Waals surface area contributed by atoms with E-state index in [4.69, 9.17) is 0 Å². The lowest BCUT2D eigenvalue weighted by Gasteiger charge is -1.99. The van der Waals surface area contributed by atoms with E-state index in [0.29, 0.717) is 16.5 Å². The molecule has 0 aliphatic carbocycles. The zero-order valence-corrected chi connectivity index (χ0v) is 13.8. The van der Waals surface area contributed by atoms with E-state index < -0.39 is 0 Å². The zero-order chi connectivity index (χ0) is 17.2. The third-order valence-electron chi connectivity index (χ3n) is 3.65. The highest BCUT2D eigenvalue weighted by atomic mass is 32.1. The predicted octanol–water partition coefficient (Wildman–Crippen LogP) is 3.78. The van der Waals surface area contributed by atoms with Crippen molar-refractivity contribution in [2.75, 3.05) is 5.32 Å². The van der Waals surface area contributed by atoms with E-state index in [-0.39, 0.29) is 18.1 Å². The van der Waals surface area contributed by atoms with Gasteiger partial charge in [0.15, 0.2) is 5.13 Å². The Morgan fingerprint density at radius 3 is 2.80 bits per heavy atom. The Morgan fingerprint density at radius 1 is 1.16 bits per heavy atom. The van der Waals surface area contributed by atoms with Gasteiger partial charge in [0.2, 0.25) is 5.91 Å². The molecule has 0 aliphatic heterocycles. The van der Waals surface area contributed by atoms with Crippen molar-refractivity contribution in [1.82, 2.24) is 14.4 Å². The van der Waals surface area contributed by atoms with Crippen LogP contribution in [0.4, 0.5) is 9.52 Å².